The summed E-state index contributed by atoms with van der Waals surface area (Å²) >= 11 is 0. The predicted molar refractivity (Wildman–Crippen MR) is 110 cm³/mol. The number of nitrogens with zero attached hydrogens (tertiary/aromatic N) is 3. The van der Waals surface area contributed by atoms with E-state index in [0.29, 0.717) is 19.5 Å². The van der Waals surface area contributed by atoms with Gasteiger partial charge in [0.05, 0.1) is 19.8 Å². The molecule has 1 aromatic carbocycles. The number of urea groups is 1. The van der Waals surface area contributed by atoms with Gasteiger partial charge in [0.2, 0.25) is 5.91 Å². The molecule has 1 saturated carbocycles. The first-order valence-electron chi connectivity index (χ1n) is 10.8. The highest BCUT2D eigenvalue weighted by Gasteiger charge is 2.56. The third-order valence-corrected chi connectivity index (χ3v) is 7.56. The van der Waals surface area contributed by atoms with Crippen LogP contribution in [0.5, 0.6) is 0 Å². The first kappa shape index (κ1) is 18.9. The minimum absolute atomic E-state index is 0.0966. The second-order valence-corrected chi connectivity index (χ2v) is 9.09. The maximum Gasteiger partial charge on any atom is 0.325 e. The van der Waals surface area contributed by atoms with Gasteiger partial charge in [-0.15, -0.1) is 0 Å². The van der Waals surface area contributed by atoms with Gasteiger partial charge in [0.15, 0.2) is 0 Å². The molecule has 1 aliphatic carbocycles. The molecular weight excluding hydrogens is 368 g/mol. The Morgan fingerprint density at radius 2 is 1.76 bits per heavy atom. The molecule has 0 aromatic heterocycles. The van der Waals surface area contributed by atoms with Crippen LogP contribution in [0.15, 0.2) is 24.3 Å². The number of rotatable bonds is 5. The summed E-state index contributed by atoms with van der Waals surface area (Å²) < 4.78 is 5.49. The van der Waals surface area contributed by atoms with Gasteiger partial charge in [0.25, 0.3) is 0 Å². The Balaban J connectivity index is 1.35. The largest absolute Gasteiger partial charge is 0.379 e. The number of fused-ring (bicyclic) bond motifs is 1. The molecule has 5 rings (SSSR count). The smallest absolute Gasteiger partial charge is 0.325 e. The van der Waals surface area contributed by atoms with E-state index in [9.17, 15) is 9.59 Å². The molecule has 3 aliphatic heterocycles. The monoisotopic (exact) mass is 398 g/mol. The molecule has 156 valence electrons. The van der Waals surface area contributed by atoms with Crippen molar-refractivity contribution >= 4 is 17.6 Å². The quantitative estimate of drug-likeness (QED) is 0.819. The molecule has 3 heterocycles. The fourth-order valence-corrected chi connectivity index (χ4v) is 5.66. The fraction of sp³-hybridized carbons (Fsp3) is 0.636. The van der Waals surface area contributed by atoms with Crippen LogP contribution in [0.4, 0.5) is 10.5 Å². The highest BCUT2D eigenvalue weighted by Crippen LogP contribution is 2.45. The third kappa shape index (κ3) is 2.94. The maximum atomic E-state index is 12.9. The molecule has 0 radical (unpaired) electrons. The van der Waals surface area contributed by atoms with E-state index in [1.807, 2.05) is 12.1 Å². The molecule has 4 aliphatic rings. The number of primary amides is 1. The number of carbonyl (C=O) groups is 2. The van der Waals surface area contributed by atoms with E-state index in [0.717, 1.165) is 45.0 Å². The van der Waals surface area contributed by atoms with Crippen LogP contribution in [-0.4, -0.2) is 73.2 Å². The molecular formula is C22H30N4O3. The number of ether oxygens (including phenoxy) is 1. The Kier molecular flexibility index (Phi) is 4.55. The number of benzene rings is 1. The van der Waals surface area contributed by atoms with Crippen LogP contribution in [-0.2, 0) is 14.9 Å². The lowest BCUT2D eigenvalue weighted by atomic mass is 9.64. The van der Waals surface area contributed by atoms with Gasteiger partial charge in [-0.3, -0.25) is 14.6 Å². The minimum atomic E-state index is -0.832. The van der Waals surface area contributed by atoms with Crippen molar-refractivity contribution in [2.75, 3.05) is 50.8 Å². The van der Waals surface area contributed by atoms with Gasteiger partial charge in [-0.25, -0.2) is 4.79 Å². The zero-order chi connectivity index (χ0) is 20.1. The fourth-order valence-electron chi connectivity index (χ4n) is 5.66. The molecule has 29 heavy (non-hydrogen) atoms. The Morgan fingerprint density at radius 1 is 1.03 bits per heavy atom. The number of anilines is 1. The van der Waals surface area contributed by atoms with Crippen LogP contribution in [0.25, 0.3) is 0 Å². The van der Waals surface area contributed by atoms with Crippen LogP contribution < -0.4 is 10.6 Å². The molecule has 0 bridgehead atoms. The maximum absolute atomic E-state index is 12.9. The number of hydrogen-bond acceptors (Lipinski definition) is 4. The highest BCUT2D eigenvalue weighted by atomic mass is 16.5. The van der Waals surface area contributed by atoms with Gasteiger partial charge in [0, 0.05) is 37.3 Å². The highest BCUT2D eigenvalue weighted by molar-refractivity contribution is 6.02. The first-order chi connectivity index (χ1) is 14.0. The standard InChI is InChI=1S/C22H30N4O3/c23-19(27)22-9-2-10-26(22)20(28)25(16-22)18-5-3-17(4-6-18)21(7-1-8-21)15-24-11-13-29-14-12-24/h3-6H,1-2,7-16H2,(H2,23,27)/t22-/m1/s1. The zero-order valence-corrected chi connectivity index (χ0v) is 16.9. The SMILES string of the molecule is NC(=O)[C@]12CCCN1C(=O)N(c1ccc(C3(CN4CCOCC4)CCC3)cc1)C2. The summed E-state index contributed by atoms with van der Waals surface area (Å²) in [5.74, 6) is -0.388. The van der Waals surface area contributed by atoms with Crippen molar-refractivity contribution in [3.63, 3.8) is 0 Å². The zero-order valence-electron chi connectivity index (χ0n) is 16.9. The number of amides is 3. The van der Waals surface area contributed by atoms with E-state index in [1.165, 1.54) is 24.8 Å². The topological polar surface area (TPSA) is 79.1 Å². The van der Waals surface area contributed by atoms with Crippen molar-refractivity contribution in [2.45, 2.75) is 43.1 Å². The Labute approximate surface area is 171 Å². The number of nitrogens with two attached hydrogens (primary N) is 1. The minimum Gasteiger partial charge on any atom is -0.379 e. The molecule has 3 saturated heterocycles. The predicted octanol–water partition coefficient (Wildman–Crippen LogP) is 1.70. The van der Waals surface area contributed by atoms with Crippen LogP contribution >= 0.6 is 0 Å². The van der Waals surface area contributed by atoms with Crippen molar-refractivity contribution < 1.29 is 14.3 Å². The van der Waals surface area contributed by atoms with Gasteiger partial charge < -0.3 is 15.4 Å². The van der Waals surface area contributed by atoms with Crippen LogP contribution in [0.1, 0.15) is 37.7 Å². The second kappa shape index (κ2) is 6.99. The Bertz CT molecular complexity index is 801. The molecule has 1 aromatic rings. The summed E-state index contributed by atoms with van der Waals surface area (Å²) in [7, 11) is 0. The number of morpholine rings is 1. The average Bonchev–Trinajstić information content (AvgIpc) is 3.25. The van der Waals surface area contributed by atoms with Crippen molar-refractivity contribution in [1.29, 1.82) is 0 Å². The Morgan fingerprint density at radius 3 is 2.34 bits per heavy atom. The summed E-state index contributed by atoms with van der Waals surface area (Å²) in [5.41, 5.74) is 7.30. The lowest BCUT2D eigenvalue weighted by molar-refractivity contribution is -0.125. The summed E-state index contributed by atoms with van der Waals surface area (Å²) in [6.07, 6.45) is 5.19. The lowest BCUT2D eigenvalue weighted by Crippen LogP contribution is -2.52. The van der Waals surface area contributed by atoms with Crippen LogP contribution in [0.3, 0.4) is 0 Å². The third-order valence-electron chi connectivity index (χ3n) is 7.56. The summed E-state index contributed by atoms with van der Waals surface area (Å²) in [5, 5.41) is 0. The van der Waals surface area contributed by atoms with E-state index in [-0.39, 0.29) is 17.4 Å². The van der Waals surface area contributed by atoms with Crippen molar-refractivity contribution in [2.24, 2.45) is 5.73 Å². The lowest BCUT2D eigenvalue weighted by Gasteiger charge is -2.46. The normalized spacial score (nSPS) is 29.0. The molecule has 4 fully saturated rings. The average molecular weight is 399 g/mol. The molecule has 0 spiro atoms. The summed E-state index contributed by atoms with van der Waals surface area (Å²) in [4.78, 5) is 31.0. The number of carbonyl (C=O) groups excluding carboxylic acids is 2. The molecule has 7 nitrogen and oxygen atoms in total. The molecule has 2 N–H and O–H groups in total. The van der Waals surface area contributed by atoms with Crippen molar-refractivity contribution in [3.8, 4) is 0 Å². The van der Waals surface area contributed by atoms with E-state index in [1.54, 1.807) is 9.80 Å². The van der Waals surface area contributed by atoms with E-state index in [4.69, 9.17) is 10.5 Å². The van der Waals surface area contributed by atoms with Crippen LogP contribution in [0, 0.1) is 0 Å². The summed E-state index contributed by atoms with van der Waals surface area (Å²) in [6, 6.07) is 8.36. The van der Waals surface area contributed by atoms with Gasteiger partial charge in [-0.2, -0.15) is 0 Å². The first-order valence-corrected chi connectivity index (χ1v) is 10.8. The van der Waals surface area contributed by atoms with Crippen molar-refractivity contribution in [1.82, 2.24) is 9.80 Å². The summed E-state index contributed by atoms with van der Waals surface area (Å²) in [6.45, 7) is 5.71. The molecule has 1 atom stereocenters. The van der Waals surface area contributed by atoms with E-state index in [2.05, 4.69) is 17.0 Å². The van der Waals surface area contributed by atoms with E-state index >= 15 is 0 Å². The second-order valence-electron chi connectivity index (χ2n) is 9.09. The van der Waals surface area contributed by atoms with Gasteiger partial charge in [-0.1, -0.05) is 18.6 Å². The van der Waals surface area contributed by atoms with E-state index < -0.39 is 5.54 Å². The number of hydrogen-bond donors (Lipinski definition) is 1. The van der Waals surface area contributed by atoms with Gasteiger partial charge in [-0.05, 0) is 43.4 Å². The Hall–Kier alpha value is -2.12. The van der Waals surface area contributed by atoms with Crippen LogP contribution in [0.2, 0.25) is 0 Å². The van der Waals surface area contributed by atoms with Crippen molar-refractivity contribution in [3.05, 3.63) is 29.8 Å². The van der Waals surface area contributed by atoms with Gasteiger partial charge >= 0.3 is 6.03 Å². The van der Waals surface area contributed by atoms with Gasteiger partial charge in [0.1, 0.15) is 5.54 Å². The molecule has 3 amide bonds. The molecule has 7 heteroatoms. The molecule has 0 unspecified atom stereocenters.